The van der Waals surface area contributed by atoms with E-state index in [0.717, 1.165) is 48.7 Å². The summed E-state index contributed by atoms with van der Waals surface area (Å²) in [5, 5.41) is 3.04. The monoisotopic (exact) mass is 547 g/mol. The highest BCUT2D eigenvalue weighted by atomic mass is 32.1. The molecule has 4 aromatic carbocycles. The van der Waals surface area contributed by atoms with Gasteiger partial charge >= 0.3 is 5.97 Å². The van der Waals surface area contributed by atoms with Crippen molar-refractivity contribution in [1.82, 2.24) is 4.98 Å². The zero-order valence-corrected chi connectivity index (χ0v) is 23.5. The molecule has 0 fully saturated rings. The van der Waals surface area contributed by atoms with E-state index >= 15 is 0 Å². The Morgan fingerprint density at radius 2 is 1.80 bits per heavy atom. The molecular formula is C33H29N3O3S. The Labute approximate surface area is 236 Å². The highest BCUT2D eigenvalue weighted by Gasteiger charge is 2.59. The molecule has 7 rings (SSSR count). The molecule has 3 heterocycles. The molecule has 1 spiro atoms. The molecule has 2 aliphatic rings. The Kier molecular flexibility index (Phi) is 5.68. The van der Waals surface area contributed by atoms with Crippen LogP contribution in [0.25, 0.3) is 31.6 Å². The summed E-state index contributed by atoms with van der Waals surface area (Å²) in [4.78, 5) is 24.4. The van der Waals surface area contributed by atoms with Gasteiger partial charge in [-0.15, -0.1) is 11.3 Å². The molecule has 0 aliphatic carbocycles. The van der Waals surface area contributed by atoms with Crippen molar-refractivity contribution in [2.45, 2.75) is 37.8 Å². The Hall–Kier alpha value is -4.23. The molecule has 1 aromatic heterocycles. The number of thiazole rings is 1. The Morgan fingerprint density at radius 1 is 1.02 bits per heavy atom. The molecule has 0 saturated carbocycles. The molecule has 0 N–H and O–H groups in total. The zero-order chi connectivity index (χ0) is 27.5. The first-order valence-corrected chi connectivity index (χ1v) is 14.3. The topological polar surface area (TPSA) is 64.0 Å². The van der Waals surface area contributed by atoms with Gasteiger partial charge in [0.2, 0.25) is 5.72 Å². The number of ether oxygens (including phenoxy) is 2. The van der Waals surface area contributed by atoms with Crippen LogP contribution in [0.5, 0.6) is 5.75 Å². The number of benzene rings is 4. The summed E-state index contributed by atoms with van der Waals surface area (Å²) < 4.78 is 13.3. The molecule has 0 saturated heterocycles. The van der Waals surface area contributed by atoms with Gasteiger partial charge in [0.15, 0.2) is 5.75 Å². The predicted molar refractivity (Wildman–Crippen MR) is 162 cm³/mol. The lowest BCUT2D eigenvalue weighted by molar-refractivity contribution is -0.140. The Morgan fingerprint density at radius 3 is 2.65 bits per heavy atom. The molecule has 0 amide bonds. The van der Waals surface area contributed by atoms with E-state index in [2.05, 4.69) is 67.3 Å². The molecule has 200 valence electrons. The number of nitrogens with zero attached hydrogens (tertiary/aromatic N) is 3. The van der Waals surface area contributed by atoms with Crippen molar-refractivity contribution in [3.05, 3.63) is 84.4 Å². The normalized spacial score (nSPS) is 18.6. The maximum Gasteiger partial charge on any atom is 0.305 e. The van der Waals surface area contributed by atoms with Crippen molar-refractivity contribution in [3.8, 4) is 16.3 Å². The predicted octanol–water partition coefficient (Wildman–Crippen LogP) is 7.66. The van der Waals surface area contributed by atoms with E-state index < -0.39 is 11.1 Å². The largest absolute Gasteiger partial charge is 0.469 e. The van der Waals surface area contributed by atoms with E-state index in [-0.39, 0.29) is 5.97 Å². The lowest BCUT2D eigenvalue weighted by Crippen LogP contribution is -2.62. The smallest absolute Gasteiger partial charge is 0.305 e. The lowest BCUT2D eigenvalue weighted by Gasteiger charge is -2.46. The van der Waals surface area contributed by atoms with Gasteiger partial charge in [0.25, 0.3) is 0 Å². The van der Waals surface area contributed by atoms with Gasteiger partial charge in [-0.2, -0.15) is 0 Å². The molecule has 1 atom stereocenters. The quantitative estimate of drug-likeness (QED) is 0.211. The van der Waals surface area contributed by atoms with Crippen molar-refractivity contribution in [1.29, 1.82) is 0 Å². The molecule has 2 aliphatic heterocycles. The summed E-state index contributed by atoms with van der Waals surface area (Å²) in [5.41, 5.74) is 3.67. The van der Waals surface area contributed by atoms with E-state index in [9.17, 15) is 4.79 Å². The van der Waals surface area contributed by atoms with Gasteiger partial charge in [0.05, 0.1) is 34.5 Å². The minimum atomic E-state index is -0.895. The first kappa shape index (κ1) is 24.8. The zero-order valence-electron chi connectivity index (χ0n) is 22.7. The van der Waals surface area contributed by atoms with E-state index in [0.29, 0.717) is 19.4 Å². The summed E-state index contributed by atoms with van der Waals surface area (Å²) in [6.45, 7) is 5.03. The first-order chi connectivity index (χ1) is 19.4. The van der Waals surface area contributed by atoms with Crippen molar-refractivity contribution in [2.75, 3.05) is 18.6 Å². The Balaban J connectivity index is 1.42. The number of rotatable bonds is 5. The average Bonchev–Trinajstić information content (AvgIpc) is 3.49. The van der Waals surface area contributed by atoms with Gasteiger partial charge in [-0.3, -0.25) is 9.79 Å². The number of aliphatic imine (C=N–C) groups is 1. The summed E-state index contributed by atoms with van der Waals surface area (Å²) in [6.07, 6.45) is 2.94. The number of carbonyl (C=O) groups excluding carboxylic acids is 1. The van der Waals surface area contributed by atoms with Crippen LogP contribution in [-0.4, -0.2) is 36.5 Å². The standard InChI is InChI=1S/C33H29N3O3S/c1-32(2)24-13-6-8-15-26(24)36(18-10-17-28(37)38-3)33(32)20-34-29-22-12-5-4-11-21(22)19-23(30(29)39-33)31-35-25-14-7-9-16-27(25)40-31/h4-9,11-16,19-20H,10,17-18H2,1-3H3. The number of para-hydroxylation sites is 2. The molecule has 0 bridgehead atoms. The lowest BCUT2D eigenvalue weighted by atomic mass is 9.77. The number of aromatic nitrogens is 1. The summed E-state index contributed by atoms with van der Waals surface area (Å²) in [7, 11) is 1.43. The van der Waals surface area contributed by atoms with Crippen molar-refractivity contribution in [3.63, 3.8) is 0 Å². The molecule has 6 nitrogen and oxygen atoms in total. The van der Waals surface area contributed by atoms with Crippen LogP contribution in [0.3, 0.4) is 0 Å². The van der Waals surface area contributed by atoms with E-state index in [1.807, 2.05) is 36.5 Å². The molecule has 40 heavy (non-hydrogen) atoms. The molecular weight excluding hydrogens is 518 g/mol. The fourth-order valence-corrected chi connectivity index (χ4v) is 7.13. The number of methoxy groups -OCH3 is 1. The van der Waals surface area contributed by atoms with Gasteiger partial charge in [0.1, 0.15) is 10.7 Å². The summed E-state index contributed by atoms with van der Waals surface area (Å²) in [6, 6.07) is 27.1. The van der Waals surface area contributed by atoms with Gasteiger partial charge < -0.3 is 14.4 Å². The van der Waals surface area contributed by atoms with E-state index in [4.69, 9.17) is 19.5 Å². The van der Waals surface area contributed by atoms with E-state index in [1.165, 1.54) is 12.7 Å². The minimum Gasteiger partial charge on any atom is -0.469 e. The number of fused-ring (bicyclic) bond motifs is 5. The van der Waals surface area contributed by atoms with Crippen LogP contribution in [0.15, 0.2) is 83.9 Å². The fourth-order valence-electron chi connectivity index (χ4n) is 6.15. The number of anilines is 1. The molecule has 1 unspecified atom stereocenters. The maximum absolute atomic E-state index is 12.0. The van der Waals surface area contributed by atoms with Gasteiger partial charge in [0, 0.05) is 24.0 Å². The van der Waals surface area contributed by atoms with E-state index in [1.54, 1.807) is 11.3 Å². The van der Waals surface area contributed by atoms with Gasteiger partial charge in [-0.05, 0) is 55.5 Å². The van der Waals surface area contributed by atoms with Crippen molar-refractivity contribution < 1.29 is 14.3 Å². The van der Waals surface area contributed by atoms with Crippen LogP contribution in [0, 0.1) is 0 Å². The van der Waals surface area contributed by atoms with Gasteiger partial charge in [-0.25, -0.2) is 4.98 Å². The average molecular weight is 548 g/mol. The highest BCUT2D eigenvalue weighted by molar-refractivity contribution is 7.21. The van der Waals surface area contributed by atoms with Crippen LogP contribution in [-0.2, 0) is 14.9 Å². The van der Waals surface area contributed by atoms with Crippen LogP contribution in [0.2, 0.25) is 0 Å². The maximum atomic E-state index is 12.0. The first-order valence-electron chi connectivity index (χ1n) is 13.5. The number of hydrogen-bond donors (Lipinski definition) is 0. The van der Waals surface area contributed by atoms with Crippen LogP contribution < -0.4 is 9.64 Å². The number of esters is 1. The Bertz CT molecular complexity index is 1790. The third kappa shape index (κ3) is 3.57. The second kappa shape index (κ2) is 9.17. The second-order valence-electron chi connectivity index (χ2n) is 10.8. The third-order valence-corrected chi connectivity index (χ3v) is 9.35. The van der Waals surface area contributed by atoms with Crippen LogP contribution >= 0.6 is 11.3 Å². The van der Waals surface area contributed by atoms with Gasteiger partial charge in [-0.1, -0.05) is 54.6 Å². The van der Waals surface area contributed by atoms with Crippen LogP contribution in [0.1, 0.15) is 32.3 Å². The number of hydrogen-bond acceptors (Lipinski definition) is 7. The summed E-state index contributed by atoms with van der Waals surface area (Å²) in [5.74, 6) is 0.521. The third-order valence-electron chi connectivity index (χ3n) is 8.28. The number of carbonyl (C=O) groups is 1. The molecule has 5 aromatic rings. The van der Waals surface area contributed by atoms with Crippen molar-refractivity contribution >= 4 is 55.9 Å². The van der Waals surface area contributed by atoms with Crippen molar-refractivity contribution in [2.24, 2.45) is 4.99 Å². The molecule has 0 radical (unpaired) electrons. The highest BCUT2D eigenvalue weighted by Crippen LogP contribution is 2.57. The molecule has 7 heteroatoms. The van der Waals surface area contributed by atoms with Crippen LogP contribution in [0.4, 0.5) is 11.4 Å². The SMILES string of the molecule is COC(=O)CCCN1c2ccccc2C(C)(C)C12C=Nc1c(c(-c3nc4ccccc4s3)cc3ccccc13)O2. The fraction of sp³-hybridized carbons (Fsp3) is 0.242. The second-order valence-corrected chi connectivity index (χ2v) is 11.9. The minimum absolute atomic E-state index is 0.214. The summed E-state index contributed by atoms with van der Waals surface area (Å²) >= 11 is 1.66.